The Morgan fingerprint density at radius 1 is 1.33 bits per heavy atom. The van der Waals surface area contributed by atoms with E-state index in [4.69, 9.17) is 0 Å². The minimum atomic E-state index is 0.978. The van der Waals surface area contributed by atoms with E-state index in [-0.39, 0.29) is 0 Å². The summed E-state index contributed by atoms with van der Waals surface area (Å²) in [6.45, 7) is 3.13. The van der Waals surface area contributed by atoms with Gasteiger partial charge in [0.25, 0.3) is 0 Å². The molecular formula is C14H16BrN3. The molecule has 0 bridgehead atoms. The average Bonchev–Trinajstić information content (AvgIpc) is 2.75. The monoisotopic (exact) mass is 305 g/mol. The highest BCUT2D eigenvalue weighted by atomic mass is 79.9. The summed E-state index contributed by atoms with van der Waals surface area (Å²) < 4.78 is 3.28. The number of rotatable bonds is 2. The molecule has 1 aromatic heterocycles. The van der Waals surface area contributed by atoms with Gasteiger partial charge in [-0.3, -0.25) is 4.90 Å². The molecular weight excluding hydrogens is 290 g/mol. The van der Waals surface area contributed by atoms with E-state index in [1.165, 1.54) is 21.3 Å². The molecule has 0 atom stereocenters. The van der Waals surface area contributed by atoms with Crippen LogP contribution in [0.2, 0.25) is 0 Å². The van der Waals surface area contributed by atoms with Crippen LogP contribution in [0.3, 0.4) is 0 Å². The Morgan fingerprint density at radius 3 is 3.00 bits per heavy atom. The maximum atomic E-state index is 4.17. The van der Waals surface area contributed by atoms with Gasteiger partial charge in [-0.1, -0.05) is 22.0 Å². The Kier molecular flexibility index (Phi) is 3.22. The first kappa shape index (κ1) is 11.9. The molecule has 2 heterocycles. The van der Waals surface area contributed by atoms with E-state index < -0.39 is 0 Å². The van der Waals surface area contributed by atoms with Crippen LogP contribution in [0.5, 0.6) is 0 Å². The van der Waals surface area contributed by atoms with E-state index in [1.54, 1.807) is 0 Å². The lowest BCUT2D eigenvalue weighted by molar-refractivity contribution is 0.240. The second-order valence-electron chi connectivity index (χ2n) is 4.87. The summed E-state index contributed by atoms with van der Waals surface area (Å²) in [6.07, 6.45) is 4.95. The highest BCUT2D eigenvalue weighted by molar-refractivity contribution is 9.10. The van der Waals surface area contributed by atoms with Gasteiger partial charge in [-0.15, -0.1) is 0 Å². The zero-order valence-corrected chi connectivity index (χ0v) is 12.0. The van der Waals surface area contributed by atoms with Crippen LogP contribution in [0.15, 0.2) is 35.2 Å². The zero-order chi connectivity index (χ0) is 12.5. The first-order valence-electron chi connectivity index (χ1n) is 6.17. The number of halogens is 1. The highest BCUT2D eigenvalue weighted by Gasteiger charge is 2.17. The second-order valence-corrected chi connectivity index (χ2v) is 5.79. The largest absolute Gasteiger partial charge is 0.337 e. The number of fused-ring (bicyclic) bond motifs is 1. The van der Waals surface area contributed by atoms with Gasteiger partial charge < -0.3 is 4.57 Å². The number of benzene rings is 1. The second kappa shape index (κ2) is 4.86. The molecule has 0 spiro atoms. The Labute approximate surface area is 116 Å². The van der Waals surface area contributed by atoms with E-state index >= 15 is 0 Å². The fourth-order valence-electron chi connectivity index (χ4n) is 2.48. The molecule has 94 valence electrons. The van der Waals surface area contributed by atoms with E-state index in [0.717, 1.165) is 26.1 Å². The smallest absolute Gasteiger partial charge is 0.0945 e. The van der Waals surface area contributed by atoms with Crippen molar-refractivity contribution in [1.82, 2.24) is 14.5 Å². The molecule has 2 aromatic rings. The molecule has 1 aliphatic heterocycles. The van der Waals surface area contributed by atoms with Crippen molar-refractivity contribution in [3.8, 4) is 0 Å². The molecule has 0 radical (unpaired) electrons. The summed E-state index contributed by atoms with van der Waals surface area (Å²) in [4.78, 5) is 6.65. The summed E-state index contributed by atoms with van der Waals surface area (Å²) >= 11 is 3.54. The van der Waals surface area contributed by atoms with Gasteiger partial charge in [0.05, 0.1) is 12.0 Å². The predicted molar refractivity (Wildman–Crippen MR) is 75.2 cm³/mol. The van der Waals surface area contributed by atoms with Crippen molar-refractivity contribution in [2.75, 3.05) is 6.54 Å². The molecule has 0 amide bonds. The third-order valence-electron chi connectivity index (χ3n) is 3.56. The third kappa shape index (κ3) is 2.35. The molecule has 3 nitrogen and oxygen atoms in total. The highest BCUT2D eigenvalue weighted by Crippen LogP contribution is 2.23. The topological polar surface area (TPSA) is 21.1 Å². The van der Waals surface area contributed by atoms with Gasteiger partial charge in [0.1, 0.15) is 0 Å². The number of nitrogens with zero attached hydrogens (tertiary/aromatic N) is 3. The first-order valence-corrected chi connectivity index (χ1v) is 6.96. The fourth-order valence-corrected chi connectivity index (χ4v) is 2.89. The molecule has 1 aromatic carbocycles. The van der Waals surface area contributed by atoms with E-state index in [1.807, 2.05) is 12.5 Å². The molecule has 0 aliphatic carbocycles. The lowest BCUT2D eigenvalue weighted by Gasteiger charge is -2.28. The average molecular weight is 306 g/mol. The molecule has 18 heavy (non-hydrogen) atoms. The van der Waals surface area contributed by atoms with Crippen molar-refractivity contribution in [3.63, 3.8) is 0 Å². The molecule has 0 N–H and O–H groups in total. The van der Waals surface area contributed by atoms with Crippen molar-refractivity contribution in [2.24, 2.45) is 7.05 Å². The Morgan fingerprint density at radius 2 is 2.22 bits per heavy atom. The minimum Gasteiger partial charge on any atom is -0.337 e. The Balaban J connectivity index is 1.75. The molecule has 0 saturated carbocycles. The molecule has 1 aliphatic rings. The zero-order valence-electron chi connectivity index (χ0n) is 10.4. The number of aryl methyl sites for hydroxylation is 1. The lowest BCUT2D eigenvalue weighted by atomic mass is 10.00. The van der Waals surface area contributed by atoms with Crippen molar-refractivity contribution in [2.45, 2.75) is 19.5 Å². The van der Waals surface area contributed by atoms with Gasteiger partial charge in [-0.2, -0.15) is 0 Å². The first-order chi connectivity index (χ1) is 8.72. The third-order valence-corrected chi connectivity index (χ3v) is 4.05. The minimum absolute atomic E-state index is 0.978. The number of aromatic nitrogens is 2. The van der Waals surface area contributed by atoms with Gasteiger partial charge in [-0.25, -0.2) is 4.98 Å². The van der Waals surface area contributed by atoms with Gasteiger partial charge in [0, 0.05) is 37.4 Å². The number of imidazole rings is 1. The maximum absolute atomic E-state index is 4.17. The van der Waals surface area contributed by atoms with E-state index in [0.29, 0.717) is 0 Å². The normalized spacial score (nSPS) is 15.7. The van der Waals surface area contributed by atoms with Gasteiger partial charge in [0.2, 0.25) is 0 Å². The molecule has 4 heteroatoms. The summed E-state index contributed by atoms with van der Waals surface area (Å²) in [5.74, 6) is 0. The van der Waals surface area contributed by atoms with Crippen LogP contribution < -0.4 is 0 Å². The lowest BCUT2D eigenvalue weighted by Crippen LogP contribution is -2.30. The number of hydrogen-bond acceptors (Lipinski definition) is 2. The summed E-state index contributed by atoms with van der Waals surface area (Å²) in [5.41, 5.74) is 4.20. The standard InChI is InChI=1S/C14H16BrN3/c1-17-10-16-7-14(17)9-18-5-4-11-6-13(15)3-2-12(11)8-18/h2-3,6-7,10H,4-5,8-9H2,1H3. The van der Waals surface area contributed by atoms with Gasteiger partial charge in [-0.05, 0) is 29.7 Å². The molecule has 0 saturated heterocycles. The summed E-state index contributed by atoms with van der Waals surface area (Å²) in [7, 11) is 2.05. The van der Waals surface area contributed by atoms with Crippen LogP contribution in [-0.2, 0) is 26.6 Å². The van der Waals surface area contributed by atoms with Crippen molar-refractivity contribution in [1.29, 1.82) is 0 Å². The van der Waals surface area contributed by atoms with Crippen LogP contribution >= 0.6 is 15.9 Å². The molecule has 0 fully saturated rings. The SMILES string of the molecule is Cn1cncc1CN1CCc2cc(Br)ccc2C1. The van der Waals surface area contributed by atoms with Crippen LogP contribution in [0, 0.1) is 0 Å². The predicted octanol–water partition coefficient (Wildman–Crippen LogP) is 2.74. The molecule has 3 rings (SSSR count). The van der Waals surface area contributed by atoms with Crippen molar-refractivity contribution < 1.29 is 0 Å². The van der Waals surface area contributed by atoms with Crippen LogP contribution in [0.25, 0.3) is 0 Å². The molecule has 0 unspecified atom stereocenters. The van der Waals surface area contributed by atoms with Crippen LogP contribution in [0.4, 0.5) is 0 Å². The number of hydrogen-bond donors (Lipinski definition) is 0. The van der Waals surface area contributed by atoms with Crippen molar-refractivity contribution in [3.05, 3.63) is 52.0 Å². The summed E-state index contributed by atoms with van der Waals surface area (Å²) in [6, 6.07) is 6.61. The summed E-state index contributed by atoms with van der Waals surface area (Å²) in [5, 5.41) is 0. The fraction of sp³-hybridized carbons (Fsp3) is 0.357. The van der Waals surface area contributed by atoms with Crippen molar-refractivity contribution >= 4 is 15.9 Å². The van der Waals surface area contributed by atoms with Gasteiger partial charge >= 0.3 is 0 Å². The van der Waals surface area contributed by atoms with E-state index in [2.05, 4.69) is 55.6 Å². The van der Waals surface area contributed by atoms with Crippen LogP contribution in [-0.4, -0.2) is 21.0 Å². The van der Waals surface area contributed by atoms with Gasteiger partial charge in [0.15, 0.2) is 0 Å². The quantitative estimate of drug-likeness (QED) is 0.851. The maximum Gasteiger partial charge on any atom is 0.0945 e. The van der Waals surface area contributed by atoms with Crippen LogP contribution in [0.1, 0.15) is 16.8 Å². The Hall–Kier alpha value is -1.13. The Bertz CT molecular complexity index is 562. The van der Waals surface area contributed by atoms with E-state index in [9.17, 15) is 0 Å².